The van der Waals surface area contributed by atoms with Crippen LogP contribution < -0.4 is 11.1 Å². The normalized spacial score (nSPS) is 36.4. The Balaban J connectivity index is 2.02. The molecule has 0 radical (unpaired) electrons. The van der Waals surface area contributed by atoms with Crippen LogP contribution >= 0.6 is 0 Å². The third-order valence-corrected chi connectivity index (χ3v) is 5.11. The largest absolute Gasteiger partial charge is 0.378 e. The molecule has 0 aromatic heterocycles. The first-order chi connectivity index (χ1) is 8.25. The summed E-state index contributed by atoms with van der Waals surface area (Å²) in [4.78, 5) is 12.4. The van der Waals surface area contributed by atoms with Crippen LogP contribution in [-0.4, -0.2) is 29.7 Å². The van der Waals surface area contributed by atoms with Gasteiger partial charge in [-0.05, 0) is 33.1 Å². The van der Waals surface area contributed by atoms with Gasteiger partial charge in [-0.25, -0.2) is 0 Å². The van der Waals surface area contributed by atoms with Crippen molar-refractivity contribution in [2.45, 2.75) is 70.6 Å². The van der Waals surface area contributed by atoms with E-state index in [1.54, 1.807) is 0 Å². The van der Waals surface area contributed by atoms with Crippen LogP contribution in [0.15, 0.2) is 0 Å². The van der Waals surface area contributed by atoms with Crippen molar-refractivity contribution in [1.82, 2.24) is 5.32 Å². The Kier molecular flexibility index (Phi) is 3.23. The molecule has 0 aromatic rings. The highest BCUT2D eigenvalue weighted by Gasteiger charge is 2.63. The highest BCUT2D eigenvalue weighted by Crippen LogP contribution is 2.50. The molecule has 0 heterocycles. The highest BCUT2D eigenvalue weighted by atomic mass is 16.5. The van der Waals surface area contributed by atoms with Gasteiger partial charge in [0, 0.05) is 24.0 Å². The van der Waals surface area contributed by atoms with E-state index < -0.39 is 5.54 Å². The quantitative estimate of drug-likeness (QED) is 0.800. The minimum Gasteiger partial charge on any atom is -0.378 e. The number of carbonyl (C=O) groups excluding carboxylic acids is 1. The molecular formula is C14H26N2O2. The molecule has 2 aliphatic rings. The van der Waals surface area contributed by atoms with Crippen molar-refractivity contribution in [3.8, 4) is 0 Å². The summed E-state index contributed by atoms with van der Waals surface area (Å²) in [5.74, 6) is -0.00865. The molecule has 2 aliphatic carbocycles. The first kappa shape index (κ1) is 13.8. The SMILES string of the molecule is CCOC1CC(N)(C(=O)NC2(C)CCC2)C1(C)C. The van der Waals surface area contributed by atoms with Crippen LogP contribution in [0.1, 0.15) is 53.4 Å². The van der Waals surface area contributed by atoms with E-state index in [-0.39, 0.29) is 23.0 Å². The van der Waals surface area contributed by atoms with Crippen LogP contribution in [0.25, 0.3) is 0 Å². The Morgan fingerprint density at radius 3 is 2.39 bits per heavy atom. The molecule has 2 fully saturated rings. The zero-order valence-electron chi connectivity index (χ0n) is 12.0. The number of ether oxygens (including phenoxy) is 1. The van der Waals surface area contributed by atoms with Crippen LogP contribution in [0.2, 0.25) is 0 Å². The van der Waals surface area contributed by atoms with Gasteiger partial charge in [0.2, 0.25) is 5.91 Å². The first-order valence-electron chi connectivity index (χ1n) is 6.98. The second kappa shape index (κ2) is 4.20. The fourth-order valence-corrected chi connectivity index (χ4v) is 3.04. The van der Waals surface area contributed by atoms with Gasteiger partial charge in [-0.3, -0.25) is 4.79 Å². The van der Waals surface area contributed by atoms with E-state index in [0.29, 0.717) is 13.0 Å². The van der Waals surface area contributed by atoms with Gasteiger partial charge in [-0.1, -0.05) is 13.8 Å². The second-order valence-electron chi connectivity index (χ2n) is 6.71. The molecule has 2 unspecified atom stereocenters. The number of rotatable bonds is 4. The number of amides is 1. The first-order valence-corrected chi connectivity index (χ1v) is 6.98. The Labute approximate surface area is 110 Å². The van der Waals surface area contributed by atoms with Crippen LogP contribution in [-0.2, 0) is 9.53 Å². The highest BCUT2D eigenvalue weighted by molar-refractivity contribution is 5.89. The lowest BCUT2D eigenvalue weighted by molar-refractivity contribution is -0.172. The Morgan fingerprint density at radius 1 is 1.39 bits per heavy atom. The van der Waals surface area contributed by atoms with Crippen molar-refractivity contribution in [3.05, 3.63) is 0 Å². The van der Waals surface area contributed by atoms with Crippen LogP contribution in [0.3, 0.4) is 0 Å². The molecule has 0 bridgehead atoms. The maximum atomic E-state index is 12.4. The lowest BCUT2D eigenvalue weighted by Gasteiger charge is -2.58. The number of hydrogen-bond acceptors (Lipinski definition) is 3. The molecule has 3 N–H and O–H groups in total. The maximum Gasteiger partial charge on any atom is 0.241 e. The van der Waals surface area contributed by atoms with Gasteiger partial charge in [0.15, 0.2) is 0 Å². The molecule has 0 spiro atoms. The van der Waals surface area contributed by atoms with Crippen molar-refractivity contribution in [2.24, 2.45) is 11.1 Å². The smallest absolute Gasteiger partial charge is 0.241 e. The van der Waals surface area contributed by atoms with E-state index in [0.717, 1.165) is 12.8 Å². The molecule has 2 atom stereocenters. The number of nitrogens with two attached hydrogens (primary N) is 1. The van der Waals surface area contributed by atoms with Crippen LogP contribution in [0.5, 0.6) is 0 Å². The molecule has 0 saturated heterocycles. The zero-order valence-corrected chi connectivity index (χ0v) is 12.0. The number of hydrogen-bond donors (Lipinski definition) is 2. The van der Waals surface area contributed by atoms with Crippen LogP contribution in [0, 0.1) is 5.41 Å². The van der Waals surface area contributed by atoms with E-state index in [9.17, 15) is 4.79 Å². The third-order valence-electron chi connectivity index (χ3n) is 5.11. The summed E-state index contributed by atoms with van der Waals surface area (Å²) in [7, 11) is 0. The van der Waals surface area contributed by atoms with Gasteiger partial charge >= 0.3 is 0 Å². The van der Waals surface area contributed by atoms with E-state index in [1.165, 1.54) is 6.42 Å². The predicted molar refractivity (Wildman–Crippen MR) is 71.1 cm³/mol. The fourth-order valence-electron chi connectivity index (χ4n) is 3.04. The molecule has 0 aromatic carbocycles. The summed E-state index contributed by atoms with van der Waals surface area (Å²) in [6.07, 6.45) is 4.02. The fraction of sp³-hybridized carbons (Fsp3) is 0.929. The lowest BCUT2D eigenvalue weighted by atomic mass is 9.54. The Hall–Kier alpha value is -0.610. The monoisotopic (exact) mass is 254 g/mol. The summed E-state index contributed by atoms with van der Waals surface area (Å²) < 4.78 is 5.65. The molecule has 4 heteroatoms. The summed E-state index contributed by atoms with van der Waals surface area (Å²) >= 11 is 0. The summed E-state index contributed by atoms with van der Waals surface area (Å²) in [5, 5.41) is 3.13. The van der Waals surface area contributed by atoms with Gasteiger partial charge in [0.05, 0.1) is 6.10 Å². The van der Waals surface area contributed by atoms with E-state index >= 15 is 0 Å². The summed E-state index contributed by atoms with van der Waals surface area (Å²) in [5.41, 5.74) is 5.22. The molecule has 104 valence electrons. The lowest BCUT2D eigenvalue weighted by Crippen LogP contribution is -2.77. The third kappa shape index (κ3) is 1.86. The molecule has 4 nitrogen and oxygen atoms in total. The van der Waals surface area contributed by atoms with E-state index in [2.05, 4.69) is 12.2 Å². The van der Waals surface area contributed by atoms with Crippen molar-refractivity contribution in [3.63, 3.8) is 0 Å². The van der Waals surface area contributed by atoms with Gasteiger partial charge < -0.3 is 15.8 Å². The Bertz CT molecular complexity index is 350. The van der Waals surface area contributed by atoms with Gasteiger partial charge in [0.25, 0.3) is 0 Å². The molecule has 18 heavy (non-hydrogen) atoms. The topological polar surface area (TPSA) is 64.3 Å². The standard InChI is InChI=1S/C14H26N2O2/c1-5-18-10-9-14(15,12(10,2)3)11(17)16-13(4)7-6-8-13/h10H,5-9,15H2,1-4H3,(H,16,17). The summed E-state index contributed by atoms with van der Waals surface area (Å²) in [6, 6.07) is 0. The van der Waals surface area contributed by atoms with Crippen molar-refractivity contribution >= 4 is 5.91 Å². The number of nitrogens with one attached hydrogen (secondary N) is 1. The van der Waals surface area contributed by atoms with Gasteiger partial charge in [-0.2, -0.15) is 0 Å². The zero-order chi connectivity index (χ0) is 13.6. The Morgan fingerprint density at radius 2 is 2.00 bits per heavy atom. The van der Waals surface area contributed by atoms with Gasteiger partial charge in [-0.15, -0.1) is 0 Å². The van der Waals surface area contributed by atoms with Crippen molar-refractivity contribution < 1.29 is 9.53 Å². The van der Waals surface area contributed by atoms with E-state index in [4.69, 9.17) is 10.5 Å². The molecular weight excluding hydrogens is 228 g/mol. The molecule has 0 aliphatic heterocycles. The predicted octanol–water partition coefficient (Wildman–Crippen LogP) is 1.58. The average molecular weight is 254 g/mol. The van der Waals surface area contributed by atoms with Crippen LogP contribution in [0.4, 0.5) is 0 Å². The van der Waals surface area contributed by atoms with E-state index in [1.807, 2.05) is 20.8 Å². The summed E-state index contributed by atoms with van der Waals surface area (Å²) in [6.45, 7) is 8.80. The van der Waals surface area contributed by atoms with Crippen molar-refractivity contribution in [1.29, 1.82) is 0 Å². The van der Waals surface area contributed by atoms with Crippen molar-refractivity contribution in [2.75, 3.05) is 6.61 Å². The average Bonchev–Trinajstić information content (AvgIpc) is 2.26. The van der Waals surface area contributed by atoms with Gasteiger partial charge in [0.1, 0.15) is 5.54 Å². The minimum atomic E-state index is -0.786. The number of carbonyl (C=O) groups is 1. The molecule has 2 saturated carbocycles. The second-order valence-corrected chi connectivity index (χ2v) is 6.71. The minimum absolute atomic E-state index is 0.00865. The maximum absolute atomic E-state index is 12.4. The molecule has 1 amide bonds. The molecule has 2 rings (SSSR count).